The molecule has 0 bridgehead atoms. The molecule has 0 N–H and O–H groups in total. The first kappa shape index (κ1) is 15.9. The molecule has 1 saturated heterocycles. The smallest absolute Gasteiger partial charge is 0.119 e. The summed E-state index contributed by atoms with van der Waals surface area (Å²) >= 11 is 0. The Hall–Kier alpha value is -1.02. The second-order valence-electron chi connectivity index (χ2n) is 7.07. The highest BCUT2D eigenvalue weighted by Crippen LogP contribution is 2.43. The van der Waals surface area contributed by atoms with E-state index in [1.54, 1.807) is 18.2 Å². The molecule has 2 nitrogen and oxygen atoms in total. The normalized spacial score (nSPS) is 28.6. The van der Waals surface area contributed by atoms with Crippen molar-refractivity contribution in [3.63, 3.8) is 0 Å². The fraction of sp³-hybridized carbons (Fsp3) is 0.700. The maximum Gasteiger partial charge on any atom is 0.119 e. The molecule has 3 unspecified atom stereocenters. The van der Waals surface area contributed by atoms with Gasteiger partial charge in [-0.15, -0.1) is 0 Å². The van der Waals surface area contributed by atoms with E-state index in [0.717, 1.165) is 17.7 Å². The van der Waals surface area contributed by atoms with Crippen LogP contribution < -0.4 is 4.74 Å². The molecule has 1 aliphatic heterocycles. The van der Waals surface area contributed by atoms with Gasteiger partial charge in [-0.2, -0.15) is 0 Å². The van der Waals surface area contributed by atoms with Gasteiger partial charge < -0.3 is 4.74 Å². The highest BCUT2D eigenvalue weighted by molar-refractivity contribution is 5.41. The predicted molar refractivity (Wildman–Crippen MR) is 92.7 cm³/mol. The number of likely N-dealkylation sites (tertiary alicyclic amines) is 1. The third kappa shape index (κ3) is 2.90. The predicted octanol–water partition coefficient (Wildman–Crippen LogP) is 4.63. The van der Waals surface area contributed by atoms with Crippen LogP contribution >= 0.6 is 0 Å². The minimum absolute atomic E-state index is 0.687. The molecule has 2 aliphatic rings. The molecule has 1 aromatic carbocycles. The van der Waals surface area contributed by atoms with E-state index < -0.39 is 0 Å². The van der Waals surface area contributed by atoms with E-state index in [0.29, 0.717) is 5.92 Å². The zero-order valence-corrected chi connectivity index (χ0v) is 14.5. The lowest BCUT2D eigenvalue weighted by Crippen LogP contribution is -2.46. The summed E-state index contributed by atoms with van der Waals surface area (Å²) in [7, 11) is 1.78. The summed E-state index contributed by atoms with van der Waals surface area (Å²) in [5, 5.41) is 0. The Kier molecular flexibility index (Phi) is 5.07. The molecular formula is C20H31NO. The summed E-state index contributed by atoms with van der Waals surface area (Å²) in [5.41, 5.74) is 3.14. The van der Waals surface area contributed by atoms with Gasteiger partial charge in [0.25, 0.3) is 0 Å². The molecule has 0 aromatic heterocycles. The monoisotopic (exact) mass is 301 g/mol. The van der Waals surface area contributed by atoms with Gasteiger partial charge in [-0.3, -0.25) is 4.90 Å². The van der Waals surface area contributed by atoms with Crippen molar-refractivity contribution < 1.29 is 4.74 Å². The van der Waals surface area contributed by atoms with Gasteiger partial charge in [-0.05, 0) is 68.0 Å². The van der Waals surface area contributed by atoms with Gasteiger partial charge in [0.1, 0.15) is 5.75 Å². The van der Waals surface area contributed by atoms with E-state index >= 15 is 0 Å². The maximum absolute atomic E-state index is 5.51. The molecule has 3 rings (SSSR count). The van der Waals surface area contributed by atoms with E-state index in [9.17, 15) is 0 Å². The molecule has 1 fully saturated rings. The van der Waals surface area contributed by atoms with Crippen LogP contribution in [0.2, 0.25) is 0 Å². The number of benzene rings is 1. The van der Waals surface area contributed by atoms with Gasteiger partial charge in [-0.25, -0.2) is 0 Å². The SMILES string of the molecule is CCCC1c2cc(OC)ccc2CC(CC)C1N1CCCC1. The largest absolute Gasteiger partial charge is 0.497 e. The van der Waals surface area contributed by atoms with E-state index in [1.165, 1.54) is 51.6 Å². The first-order chi connectivity index (χ1) is 10.8. The second kappa shape index (κ2) is 7.04. The van der Waals surface area contributed by atoms with Crippen molar-refractivity contribution in [1.29, 1.82) is 0 Å². The summed E-state index contributed by atoms with van der Waals surface area (Å²) in [6, 6.07) is 7.53. The van der Waals surface area contributed by atoms with E-state index in [-0.39, 0.29) is 0 Å². The topological polar surface area (TPSA) is 12.5 Å². The average Bonchev–Trinajstić information content (AvgIpc) is 3.08. The molecule has 2 heteroatoms. The Morgan fingerprint density at radius 1 is 1.18 bits per heavy atom. The van der Waals surface area contributed by atoms with Crippen LogP contribution in [0.25, 0.3) is 0 Å². The van der Waals surface area contributed by atoms with Crippen molar-refractivity contribution in [1.82, 2.24) is 4.90 Å². The van der Waals surface area contributed by atoms with Crippen molar-refractivity contribution in [3.05, 3.63) is 29.3 Å². The van der Waals surface area contributed by atoms with Crippen LogP contribution in [0, 0.1) is 5.92 Å². The highest BCUT2D eigenvalue weighted by Gasteiger charge is 2.39. The standard InChI is InChI=1S/C20H31NO/c1-4-8-18-19-14-17(22-3)10-9-16(19)13-15(5-2)20(18)21-11-6-7-12-21/h9-10,14-15,18,20H,4-8,11-13H2,1-3H3. The molecule has 1 aromatic rings. The number of ether oxygens (including phenoxy) is 1. The van der Waals surface area contributed by atoms with Crippen LogP contribution in [0.1, 0.15) is 63.0 Å². The highest BCUT2D eigenvalue weighted by atomic mass is 16.5. The van der Waals surface area contributed by atoms with Crippen LogP contribution in [-0.2, 0) is 6.42 Å². The van der Waals surface area contributed by atoms with Gasteiger partial charge in [0, 0.05) is 12.0 Å². The van der Waals surface area contributed by atoms with Gasteiger partial charge >= 0.3 is 0 Å². The molecule has 1 aliphatic carbocycles. The minimum Gasteiger partial charge on any atom is -0.497 e. The third-order valence-corrected chi connectivity index (χ3v) is 5.82. The third-order valence-electron chi connectivity index (χ3n) is 5.82. The number of hydrogen-bond acceptors (Lipinski definition) is 2. The minimum atomic E-state index is 0.687. The second-order valence-corrected chi connectivity index (χ2v) is 7.07. The van der Waals surface area contributed by atoms with Crippen molar-refractivity contribution in [2.75, 3.05) is 20.2 Å². The summed E-state index contributed by atoms with van der Waals surface area (Å²) in [4.78, 5) is 2.80. The van der Waals surface area contributed by atoms with E-state index in [4.69, 9.17) is 4.74 Å². The van der Waals surface area contributed by atoms with Crippen molar-refractivity contribution in [2.45, 2.75) is 64.3 Å². The molecule has 1 heterocycles. The molecule has 3 atom stereocenters. The molecule has 0 saturated carbocycles. The average molecular weight is 301 g/mol. The van der Waals surface area contributed by atoms with Crippen molar-refractivity contribution in [3.8, 4) is 5.75 Å². The number of nitrogens with zero attached hydrogens (tertiary/aromatic N) is 1. The molecule has 0 spiro atoms. The molecular weight excluding hydrogens is 270 g/mol. The van der Waals surface area contributed by atoms with Gasteiger partial charge in [-0.1, -0.05) is 32.8 Å². The Bertz CT molecular complexity index is 492. The first-order valence-electron chi connectivity index (χ1n) is 9.19. The van der Waals surface area contributed by atoms with Crippen LogP contribution in [0.3, 0.4) is 0 Å². The molecule has 122 valence electrons. The van der Waals surface area contributed by atoms with Crippen LogP contribution in [0.15, 0.2) is 18.2 Å². The summed E-state index contributed by atoms with van der Waals surface area (Å²) in [5.74, 6) is 2.53. The van der Waals surface area contributed by atoms with Crippen molar-refractivity contribution >= 4 is 0 Å². The van der Waals surface area contributed by atoms with Gasteiger partial charge in [0.05, 0.1) is 7.11 Å². The number of hydrogen-bond donors (Lipinski definition) is 0. The molecule has 22 heavy (non-hydrogen) atoms. The van der Waals surface area contributed by atoms with Crippen LogP contribution in [0.5, 0.6) is 5.75 Å². The number of methoxy groups -OCH3 is 1. The zero-order valence-electron chi connectivity index (χ0n) is 14.5. The lowest BCUT2D eigenvalue weighted by atomic mass is 9.70. The fourth-order valence-corrected chi connectivity index (χ4v) is 4.76. The molecule has 0 amide bonds. The van der Waals surface area contributed by atoms with Gasteiger partial charge in [0.2, 0.25) is 0 Å². The lowest BCUT2D eigenvalue weighted by Gasteiger charge is -2.44. The Morgan fingerprint density at radius 3 is 2.59 bits per heavy atom. The van der Waals surface area contributed by atoms with Crippen LogP contribution in [-0.4, -0.2) is 31.1 Å². The lowest BCUT2D eigenvalue weighted by molar-refractivity contribution is 0.125. The van der Waals surface area contributed by atoms with E-state index in [2.05, 4.69) is 36.9 Å². The van der Waals surface area contributed by atoms with E-state index in [1.807, 2.05) is 0 Å². The van der Waals surface area contributed by atoms with Crippen molar-refractivity contribution in [2.24, 2.45) is 5.92 Å². The Morgan fingerprint density at radius 2 is 1.95 bits per heavy atom. The fourth-order valence-electron chi connectivity index (χ4n) is 4.76. The zero-order chi connectivity index (χ0) is 15.5. The van der Waals surface area contributed by atoms with Gasteiger partial charge in [0.15, 0.2) is 0 Å². The maximum atomic E-state index is 5.51. The Labute approximate surface area is 135 Å². The quantitative estimate of drug-likeness (QED) is 0.786. The summed E-state index contributed by atoms with van der Waals surface area (Å²) in [6.45, 7) is 7.32. The van der Waals surface area contributed by atoms with Crippen LogP contribution in [0.4, 0.5) is 0 Å². The number of rotatable bonds is 5. The summed E-state index contributed by atoms with van der Waals surface area (Å²) < 4.78 is 5.51. The molecule has 0 radical (unpaired) electrons. The summed E-state index contributed by atoms with van der Waals surface area (Å²) in [6.07, 6.45) is 7.89. The number of fused-ring (bicyclic) bond motifs is 1. The first-order valence-corrected chi connectivity index (χ1v) is 9.19. The Balaban J connectivity index is 1.99.